The minimum Gasteiger partial charge on any atom is -0.328 e. The number of amides is 2. The molecule has 0 atom stereocenters. The number of nitrogens with zero attached hydrogens (tertiary/aromatic N) is 1. The highest BCUT2D eigenvalue weighted by atomic mass is 16.2. The molecule has 2 amide bonds. The molecule has 4 nitrogen and oxygen atoms in total. The van der Waals surface area contributed by atoms with Crippen molar-refractivity contribution in [2.75, 3.05) is 13.6 Å². The van der Waals surface area contributed by atoms with E-state index in [-0.39, 0.29) is 6.03 Å². The number of aldehydes is 1. The van der Waals surface area contributed by atoms with Gasteiger partial charge < -0.3 is 10.2 Å². The van der Waals surface area contributed by atoms with Crippen molar-refractivity contribution in [3.05, 3.63) is 36.6 Å². The fourth-order valence-electron chi connectivity index (χ4n) is 1.17. The summed E-state index contributed by atoms with van der Waals surface area (Å²) < 4.78 is 0. The van der Waals surface area contributed by atoms with Crippen molar-refractivity contribution in [2.24, 2.45) is 0 Å². The fourth-order valence-corrected chi connectivity index (χ4v) is 1.17. The van der Waals surface area contributed by atoms with Crippen LogP contribution in [0.5, 0.6) is 0 Å². The van der Waals surface area contributed by atoms with Crippen LogP contribution in [-0.2, 0) is 4.79 Å². The molecule has 0 unspecified atom stereocenters. The maximum absolute atomic E-state index is 11.7. The van der Waals surface area contributed by atoms with Gasteiger partial charge in [-0.2, -0.15) is 0 Å². The first-order valence-electron chi connectivity index (χ1n) is 5.57. The lowest BCUT2D eigenvalue weighted by Crippen LogP contribution is -2.37. The Morgan fingerprint density at radius 3 is 2.41 bits per heavy atom. The van der Waals surface area contributed by atoms with Gasteiger partial charge in [0.05, 0.1) is 5.70 Å². The van der Waals surface area contributed by atoms with Gasteiger partial charge in [0, 0.05) is 19.2 Å². The summed E-state index contributed by atoms with van der Waals surface area (Å²) in [7, 11) is 1.71. The maximum atomic E-state index is 11.7. The van der Waals surface area contributed by atoms with Gasteiger partial charge in [-0.3, -0.25) is 4.79 Å². The molecule has 0 heterocycles. The van der Waals surface area contributed by atoms with Crippen molar-refractivity contribution in [1.29, 1.82) is 0 Å². The largest absolute Gasteiger partial charge is 0.328 e. The highest BCUT2D eigenvalue weighted by Crippen LogP contribution is 2.02. The Morgan fingerprint density at radius 1 is 1.35 bits per heavy atom. The summed E-state index contributed by atoms with van der Waals surface area (Å²) in [6, 6.07) is -0.255. The average molecular weight is 236 g/mol. The normalized spacial score (nSPS) is 11.2. The molecule has 0 aromatic rings. The smallest absolute Gasteiger partial charge is 0.321 e. The van der Waals surface area contributed by atoms with Gasteiger partial charge in [-0.05, 0) is 12.5 Å². The van der Waals surface area contributed by atoms with E-state index in [0.29, 0.717) is 24.1 Å². The van der Waals surface area contributed by atoms with Crippen molar-refractivity contribution >= 4 is 12.3 Å². The zero-order valence-electron chi connectivity index (χ0n) is 10.5. The predicted octanol–water partition coefficient (Wildman–Crippen LogP) is 2.25. The highest BCUT2D eigenvalue weighted by molar-refractivity contribution is 5.83. The number of hydrogen-bond acceptors (Lipinski definition) is 2. The van der Waals surface area contributed by atoms with E-state index in [0.717, 1.165) is 12.8 Å². The van der Waals surface area contributed by atoms with Gasteiger partial charge in [-0.1, -0.05) is 32.6 Å². The lowest BCUT2D eigenvalue weighted by Gasteiger charge is -2.18. The molecule has 0 aliphatic rings. The number of nitrogens with one attached hydrogen (secondary N) is 1. The van der Waals surface area contributed by atoms with Crippen LogP contribution in [-0.4, -0.2) is 30.8 Å². The molecule has 0 spiro atoms. The second-order valence-corrected chi connectivity index (χ2v) is 3.60. The molecular formula is C13H20N2O2. The summed E-state index contributed by atoms with van der Waals surface area (Å²) in [5.74, 6) is 0. The minimum atomic E-state index is -0.255. The van der Waals surface area contributed by atoms with Crippen LogP contribution >= 0.6 is 0 Å². The number of allylic oxidation sites excluding steroid dienone is 3. The van der Waals surface area contributed by atoms with Gasteiger partial charge in [-0.25, -0.2) is 4.79 Å². The Hall–Kier alpha value is -1.84. The van der Waals surface area contributed by atoms with Gasteiger partial charge in [0.25, 0.3) is 0 Å². The predicted molar refractivity (Wildman–Crippen MR) is 69.6 cm³/mol. The minimum absolute atomic E-state index is 0.255. The van der Waals surface area contributed by atoms with Crippen LogP contribution in [0.4, 0.5) is 4.79 Å². The van der Waals surface area contributed by atoms with Crippen molar-refractivity contribution in [3.8, 4) is 0 Å². The topological polar surface area (TPSA) is 49.4 Å². The van der Waals surface area contributed by atoms with Crippen LogP contribution < -0.4 is 5.32 Å². The zero-order chi connectivity index (χ0) is 13.3. The second kappa shape index (κ2) is 8.33. The van der Waals surface area contributed by atoms with E-state index in [1.54, 1.807) is 11.9 Å². The van der Waals surface area contributed by atoms with Crippen molar-refractivity contribution < 1.29 is 9.59 Å². The maximum Gasteiger partial charge on any atom is 0.321 e. The van der Waals surface area contributed by atoms with E-state index in [1.165, 1.54) is 12.2 Å². The highest BCUT2D eigenvalue weighted by Gasteiger charge is 2.09. The molecule has 4 heteroatoms. The first-order chi connectivity index (χ1) is 8.10. The molecule has 0 saturated heterocycles. The number of unbranched alkanes of at least 4 members (excludes halogenated alkanes) is 1. The quantitative estimate of drug-likeness (QED) is 0.419. The van der Waals surface area contributed by atoms with E-state index in [1.807, 2.05) is 0 Å². The Kier molecular flexibility index (Phi) is 7.43. The van der Waals surface area contributed by atoms with E-state index in [4.69, 9.17) is 0 Å². The molecule has 1 N–H and O–H groups in total. The summed E-state index contributed by atoms with van der Waals surface area (Å²) in [5, 5.41) is 2.62. The molecule has 0 aliphatic heterocycles. The van der Waals surface area contributed by atoms with Crippen LogP contribution in [0.15, 0.2) is 36.6 Å². The summed E-state index contributed by atoms with van der Waals surface area (Å²) in [4.78, 5) is 24.0. The summed E-state index contributed by atoms with van der Waals surface area (Å²) in [6.07, 6.45) is 5.41. The monoisotopic (exact) mass is 236 g/mol. The molecule has 0 aliphatic carbocycles. The van der Waals surface area contributed by atoms with Crippen LogP contribution in [0, 0.1) is 0 Å². The van der Waals surface area contributed by atoms with E-state index in [2.05, 4.69) is 25.4 Å². The molecule has 0 aromatic heterocycles. The third-order valence-corrected chi connectivity index (χ3v) is 2.30. The Morgan fingerprint density at radius 2 is 2.00 bits per heavy atom. The van der Waals surface area contributed by atoms with Gasteiger partial charge >= 0.3 is 6.03 Å². The van der Waals surface area contributed by atoms with E-state index >= 15 is 0 Å². The molecule has 0 radical (unpaired) electrons. The average Bonchev–Trinajstić information content (AvgIpc) is 2.35. The third-order valence-electron chi connectivity index (χ3n) is 2.30. The summed E-state index contributed by atoms with van der Waals surface area (Å²) in [6.45, 7) is 9.79. The molecule has 0 saturated carbocycles. The number of urea groups is 1. The van der Waals surface area contributed by atoms with Crippen molar-refractivity contribution in [3.63, 3.8) is 0 Å². The standard InChI is InChI=1S/C13H20N2O2/c1-5-8-9-15(4)13(17)14-12(7-3)11(6-2)10-16/h6-7,10H,2-3,5,8-9H2,1,4H3,(H,14,17)/b12-11-. The second-order valence-electron chi connectivity index (χ2n) is 3.60. The van der Waals surface area contributed by atoms with Gasteiger partial charge in [0.15, 0.2) is 6.29 Å². The number of carbonyl (C=O) groups excluding carboxylic acids is 2. The Balaban J connectivity index is 4.63. The Bertz CT molecular complexity index is 322. The molecule has 0 rings (SSSR count). The Labute approximate surface area is 103 Å². The van der Waals surface area contributed by atoms with Crippen LogP contribution in [0.25, 0.3) is 0 Å². The summed E-state index contributed by atoms with van der Waals surface area (Å²) >= 11 is 0. The molecular weight excluding hydrogens is 216 g/mol. The van der Waals surface area contributed by atoms with Crippen molar-refractivity contribution in [1.82, 2.24) is 10.2 Å². The van der Waals surface area contributed by atoms with Gasteiger partial charge in [0.2, 0.25) is 0 Å². The first kappa shape index (κ1) is 15.2. The summed E-state index contributed by atoms with van der Waals surface area (Å²) in [5.41, 5.74) is 0.695. The zero-order valence-corrected chi connectivity index (χ0v) is 10.5. The first-order valence-corrected chi connectivity index (χ1v) is 5.57. The lowest BCUT2D eigenvalue weighted by molar-refractivity contribution is -0.104. The van der Waals surface area contributed by atoms with Crippen LogP contribution in [0.1, 0.15) is 19.8 Å². The SMILES string of the molecule is C=C/C(C=O)=C(\C=C)NC(=O)N(C)CCCC. The molecule has 0 fully saturated rings. The van der Waals surface area contributed by atoms with Crippen molar-refractivity contribution in [2.45, 2.75) is 19.8 Å². The fraction of sp³-hybridized carbons (Fsp3) is 0.385. The van der Waals surface area contributed by atoms with Crippen LogP contribution in [0.3, 0.4) is 0 Å². The van der Waals surface area contributed by atoms with E-state index < -0.39 is 0 Å². The van der Waals surface area contributed by atoms with E-state index in [9.17, 15) is 9.59 Å². The molecule has 0 bridgehead atoms. The number of carbonyl (C=O) groups is 2. The third kappa shape index (κ3) is 5.15. The van der Waals surface area contributed by atoms with Gasteiger partial charge in [0.1, 0.15) is 0 Å². The molecule has 0 aromatic carbocycles. The van der Waals surface area contributed by atoms with Crippen LogP contribution in [0.2, 0.25) is 0 Å². The number of hydrogen-bond donors (Lipinski definition) is 1. The molecule has 17 heavy (non-hydrogen) atoms. The number of rotatable bonds is 7. The van der Waals surface area contributed by atoms with Gasteiger partial charge in [-0.15, -0.1) is 0 Å². The lowest BCUT2D eigenvalue weighted by atomic mass is 10.2. The molecule has 94 valence electrons.